The highest BCUT2D eigenvalue weighted by atomic mass is 127. The number of ketones is 1. The number of hydrogen-bond donors (Lipinski definition) is 0. The first-order valence-corrected chi connectivity index (χ1v) is 6.50. The molecular weight excluding hydrogens is 349 g/mol. The van der Waals surface area contributed by atoms with E-state index in [-0.39, 0.29) is 35.7 Å². The Labute approximate surface area is 134 Å². The molecule has 1 unspecified atom stereocenters. The van der Waals surface area contributed by atoms with Crippen molar-refractivity contribution in [2.75, 3.05) is 27.7 Å². The van der Waals surface area contributed by atoms with Gasteiger partial charge in [0.15, 0.2) is 5.78 Å². The average molecular weight is 373 g/mol. The van der Waals surface area contributed by atoms with Crippen LogP contribution in [0.25, 0.3) is 6.08 Å². The summed E-state index contributed by atoms with van der Waals surface area (Å²) in [6.45, 7) is 2.96. The molecule has 0 fully saturated rings. The second-order valence-corrected chi connectivity index (χ2v) is 5.72. The van der Waals surface area contributed by atoms with Gasteiger partial charge < -0.3 is 28.5 Å². The molecule has 0 amide bonds. The van der Waals surface area contributed by atoms with E-state index in [4.69, 9.17) is 0 Å². The van der Waals surface area contributed by atoms with Crippen LogP contribution in [0.5, 0.6) is 0 Å². The topological polar surface area (TPSA) is 17.1 Å². The molecule has 0 N–H and O–H groups in total. The van der Waals surface area contributed by atoms with Crippen LogP contribution in [0.2, 0.25) is 0 Å². The Kier molecular flexibility index (Phi) is 8.18. The van der Waals surface area contributed by atoms with Crippen molar-refractivity contribution in [1.29, 1.82) is 0 Å². The van der Waals surface area contributed by atoms with E-state index in [0.717, 1.165) is 23.0 Å². The lowest BCUT2D eigenvalue weighted by molar-refractivity contribution is -0.872. The molecule has 0 aliphatic heterocycles. The van der Waals surface area contributed by atoms with Crippen LogP contribution >= 0.6 is 0 Å². The molecule has 0 aromatic heterocycles. The molecule has 1 atom stereocenters. The summed E-state index contributed by atoms with van der Waals surface area (Å²) in [7, 11) is 6.37. The number of allylic oxidation sites excluding steroid dienone is 1. The summed E-state index contributed by atoms with van der Waals surface area (Å²) >= 11 is 0. The maximum atomic E-state index is 12.1. The van der Waals surface area contributed by atoms with E-state index in [1.165, 1.54) is 0 Å². The highest BCUT2D eigenvalue weighted by molar-refractivity contribution is 5.95. The highest BCUT2D eigenvalue weighted by Crippen LogP contribution is 2.11. The fraction of sp³-hybridized carbons (Fsp3) is 0.438. The van der Waals surface area contributed by atoms with Crippen molar-refractivity contribution >= 4 is 11.9 Å². The van der Waals surface area contributed by atoms with Gasteiger partial charge in [0.1, 0.15) is 0 Å². The van der Waals surface area contributed by atoms with Crippen molar-refractivity contribution in [1.82, 2.24) is 0 Å². The second kappa shape index (κ2) is 8.48. The molecule has 19 heavy (non-hydrogen) atoms. The molecule has 3 heteroatoms. The van der Waals surface area contributed by atoms with Gasteiger partial charge in [-0.1, -0.05) is 43.3 Å². The van der Waals surface area contributed by atoms with Gasteiger partial charge in [0.2, 0.25) is 0 Å². The van der Waals surface area contributed by atoms with Crippen LogP contribution in [-0.4, -0.2) is 38.0 Å². The molecule has 0 saturated heterocycles. The van der Waals surface area contributed by atoms with E-state index in [1.54, 1.807) is 6.08 Å². The van der Waals surface area contributed by atoms with Crippen LogP contribution in [0.1, 0.15) is 18.9 Å². The number of hydrogen-bond acceptors (Lipinski definition) is 1. The maximum Gasteiger partial charge on any atom is 0.164 e. The fourth-order valence-corrected chi connectivity index (χ4v) is 1.96. The predicted molar refractivity (Wildman–Crippen MR) is 77.2 cm³/mol. The Hall–Kier alpha value is -0.680. The SMILES string of the molecule is CCC(C[N+](C)(C)C)C(=O)/C=C/c1ccccc1.[I-]. The predicted octanol–water partition coefficient (Wildman–Crippen LogP) is 0.00530. The van der Waals surface area contributed by atoms with Gasteiger partial charge in [-0.2, -0.15) is 0 Å². The monoisotopic (exact) mass is 373 g/mol. The van der Waals surface area contributed by atoms with Gasteiger partial charge in [-0.15, -0.1) is 0 Å². The van der Waals surface area contributed by atoms with Crippen molar-refractivity contribution in [2.45, 2.75) is 13.3 Å². The normalized spacial score (nSPS) is 13.1. The van der Waals surface area contributed by atoms with Gasteiger partial charge in [0.05, 0.1) is 33.6 Å². The lowest BCUT2D eigenvalue weighted by Gasteiger charge is -2.27. The van der Waals surface area contributed by atoms with Crippen molar-refractivity contribution < 1.29 is 33.3 Å². The largest absolute Gasteiger partial charge is 1.00 e. The molecule has 1 rings (SSSR count). The second-order valence-electron chi connectivity index (χ2n) is 5.72. The molecule has 0 bridgehead atoms. The number of carbonyl (C=O) groups excluding carboxylic acids is 1. The summed E-state index contributed by atoms with van der Waals surface area (Å²) < 4.78 is 0.823. The zero-order chi connectivity index (χ0) is 13.6. The van der Waals surface area contributed by atoms with Crippen LogP contribution in [0.15, 0.2) is 36.4 Å². The van der Waals surface area contributed by atoms with E-state index in [0.29, 0.717) is 0 Å². The van der Waals surface area contributed by atoms with Gasteiger partial charge in [0.25, 0.3) is 0 Å². The van der Waals surface area contributed by atoms with Crippen molar-refractivity contribution in [3.63, 3.8) is 0 Å². The first-order valence-electron chi connectivity index (χ1n) is 6.50. The fourth-order valence-electron chi connectivity index (χ4n) is 1.96. The first-order chi connectivity index (χ1) is 8.42. The Morgan fingerprint density at radius 3 is 2.26 bits per heavy atom. The van der Waals surface area contributed by atoms with Crippen molar-refractivity contribution in [2.24, 2.45) is 5.92 Å². The molecule has 106 valence electrons. The third kappa shape index (κ3) is 7.47. The maximum absolute atomic E-state index is 12.1. The summed E-state index contributed by atoms with van der Waals surface area (Å²) in [5, 5.41) is 0. The number of quaternary nitrogens is 1. The summed E-state index contributed by atoms with van der Waals surface area (Å²) in [6.07, 6.45) is 4.52. The molecule has 2 nitrogen and oxygen atoms in total. The minimum atomic E-state index is 0. The van der Waals surface area contributed by atoms with Gasteiger partial charge in [-0.05, 0) is 18.1 Å². The summed E-state index contributed by atoms with van der Waals surface area (Å²) in [5.74, 6) is 0.347. The number of carbonyl (C=O) groups is 1. The Morgan fingerprint density at radius 2 is 1.79 bits per heavy atom. The lowest BCUT2D eigenvalue weighted by Crippen LogP contribution is -3.00. The Bertz CT molecular complexity index is 407. The zero-order valence-electron chi connectivity index (χ0n) is 12.3. The third-order valence-electron chi connectivity index (χ3n) is 2.90. The van der Waals surface area contributed by atoms with Crippen LogP contribution in [0.3, 0.4) is 0 Å². The molecule has 0 aliphatic carbocycles. The average Bonchev–Trinajstić information content (AvgIpc) is 2.33. The highest BCUT2D eigenvalue weighted by Gasteiger charge is 2.21. The van der Waals surface area contributed by atoms with Gasteiger partial charge >= 0.3 is 0 Å². The molecular formula is C16H24INO. The Balaban J connectivity index is 0.00000324. The number of rotatable bonds is 6. The standard InChI is InChI=1S/C16H24NO.HI/c1-5-15(13-17(2,3)4)16(18)12-11-14-9-7-6-8-10-14;/h6-12,15H,5,13H2,1-4H3;1H/q+1;/p-1/b12-11+;. The number of halogens is 1. The van der Waals surface area contributed by atoms with Crippen molar-refractivity contribution in [3.05, 3.63) is 42.0 Å². The molecule has 0 aliphatic rings. The summed E-state index contributed by atoms with van der Waals surface area (Å²) in [6, 6.07) is 9.95. The summed E-state index contributed by atoms with van der Waals surface area (Å²) in [4.78, 5) is 12.1. The van der Waals surface area contributed by atoms with Gasteiger partial charge in [-0.3, -0.25) is 4.79 Å². The van der Waals surface area contributed by atoms with Gasteiger partial charge in [-0.25, -0.2) is 0 Å². The summed E-state index contributed by atoms with van der Waals surface area (Å²) in [5.41, 5.74) is 1.07. The van der Waals surface area contributed by atoms with Crippen LogP contribution in [0, 0.1) is 5.92 Å². The molecule has 1 aromatic carbocycles. The minimum absolute atomic E-state index is 0. The van der Waals surface area contributed by atoms with E-state index >= 15 is 0 Å². The van der Waals surface area contributed by atoms with Crippen LogP contribution < -0.4 is 24.0 Å². The lowest BCUT2D eigenvalue weighted by atomic mass is 9.99. The first kappa shape index (κ1) is 18.3. The van der Waals surface area contributed by atoms with Gasteiger partial charge in [0, 0.05) is 0 Å². The Morgan fingerprint density at radius 1 is 1.21 bits per heavy atom. The van der Waals surface area contributed by atoms with Crippen LogP contribution in [0.4, 0.5) is 0 Å². The van der Waals surface area contributed by atoms with E-state index in [2.05, 4.69) is 28.1 Å². The van der Waals surface area contributed by atoms with E-state index in [1.807, 2.05) is 36.4 Å². The number of nitrogens with zero attached hydrogens (tertiary/aromatic N) is 1. The minimum Gasteiger partial charge on any atom is -1.00 e. The third-order valence-corrected chi connectivity index (χ3v) is 2.90. The van der Waals surface area contributed by atoms with E-state index in [9.17, 15) is 4.79 Å². The molecule has 0 spiro atoms. The molecule has 0 radical (unpaired) electrons. The van der Waals surface area contributed by atoms with Crippen LogP contribution in [-0.2, 0) is 4.79 Å². The molecule has 1 aromatic rings. The smallest absolute Gasteiger partial charge is 0.164 e. The number of benzene rings is 1. The molecule has 0 saturated carbocycles. The van der Waals surface area contributed by atoms with Crippen molar-refractivity contribution in [3.8, 4) is 0 Å². The molecule has 0 heterocycles. The quantitative estimate of drug-likeness (QED) is 0.390. The zero-order valence-corrected chi connectivity index (χ0v) is 14.4. The van der Waals surface area contributed by atoms with E-state index < -0.39 is 0 Å².